The largest absolute Gasteiger partial charge is 0.307 e. The predicted molar refractivity (Wildman–Crippen MR) is 75.4 cm³/mol. The molecule has 0 spiro atoms. The van der Waals surface area contributed by atoms with E-state index >= 15 is 0 Å². The second kappa shape index (κ2) is 5.53. The molecule has 2 aromatic rings. The molecule has 3 heteroatoms. The summed E-state index contributed by atoms with van der Waals surface area (Å²) >= 11 is 0. The van der Waals surface area contributed by atoms with Crippen molar-refractivity contribution in [2.75, 3.05) is 0 Å². The van der Waals surface area contributed by atoms with Gasteiger partial charge in [-0.15, -0.1) is 0 Å². The fourth-order valence-corrected chi connectivity index (χ4v) is 2.11. The molecule has 1 unspecified atom stereocenters. The Hall–Kier alpha value is -2.03. The molecule has 0 fully saturated rings. The van der Waals surface area contributed by atoms with E-state index in [0.717, 1.165) is 11.1 Å². The Morgan fingerprint density at radius 3 is 1.95 bits per heavy atom. The minimum Gasteiger partial charge on any atom is -0.287 e. The first-order valence-electron chi connectivity index (χ1n) is 6.47. The van der Waals surface area contributed by atoms with Crippen LogP contribution < -0.4 is 0 Å². The minimum atomic E-state index is -3.33. The van der Waals surface area contributed by atoms with Crippen LogP contribution >= 0.6 is 0 Å². The standard InChI is InChI=1S/C17H16F2O/c1-12(13-6-4-3-5-7-13)14-8-10-15(11-9-14)16(20)17(2,18)19/h3-12H,1-2H3. The van der Waals surface area contributed by atoms with Crippen molar-refractivity contribution in [1.82, 2.24) is 0 Å². The fourth-order valence-electron chi connectivity index (χ4n) is 2.11. The summed E-state index contributed by atoms with van der Waals surface area (Å²) in [5.41, 5.74) is 2.18. The summed E-state index contributed by atoms with van der Waals surface area (Å²) in [4.78, 5) is 11.5. The molecule has 0 amide bonds. The molecule has 0 bridgehead atoms. The van der Waals surface area contributed by atoms with E-state index in [2.05, 4.69) is 0 Å². The van der Waals surface area contributed by atoms with Gasteiger partial charge in [0, 0.05) is 18.4 Å². The number of hydrogen-bond donors (Lipinski definition) is 0. The molecule has 0 N–H and O–H groups in total. The molecule has 0 radical (unpaired) electrons. The Morgan fingerprint density at radius 1 is 0.950 bits per heavy atom. The lowest BCUT2D eigenvalue weighted by atomic mass is 9.92. The van der Waals surface area contributed by atoms with Gasteiger partial charge in [0.25, 0.3) is 0 Å². The van der Waals surface area contributed by atoms with E-state index in [4.69, 9.17) is 0 Å². The molecule has 0 saturated carbocycles. The molecule has 1 nitrogen and oxygen atoms in total. The topological polar surface area (TPSA) is 17.1 Å². The number of carbonyl (C=O) groups excluding carboxylic acids is 1. The highest BCUT2D eigenvalue weighted by Crippen LogP contribution is 2.25. The molecule has 0 aliphatic rings. The van der Waals surface area contributed by atoms with Crippen LogP contribution in [0.4, 0.5) is 8.78 Å². The molecule has 1 atom stereocenters. The summed E-state index contributed by atoms with van der Waals surface area (Å²) in [6, 6.07) is 16.3. The van der Waals surface area contributed by atoms with Crippen LogP contribution in [0.2, 0.25) is 0 Å². The first kappa shape index (κ1) is 14.4. The molecule has 0 saturated heterocycles. The van der Waals surface area contributed by atoms with Crippen molar-refractivity contribution in [3.05, 3.63) is 71.3 Å². The SMILES string of the molecule is CC(c1ccccc1)c1ccc(C(=O)C(C)(F)F)cc1. The summed E-state index contributed by atoms with van der Waals surface area (Å²) in [6.45, 7) is 2.66. The van der Waals surface area contributed by atoms with Gasteiger partial charge in [-0.05, 0) is 11.1 Å². The number of hydrogen-bond acceptors (Lipinski definition) is 1. The summed E-state index contributed by atoms with van der Waals surface area (Å²) in [7, 11) is 0. The lowest BCUT2D eigenvalue weighted by molar-refractivity contribution is 0.0221. The van der Waals surface area contributed by atoms with Gasteiger partial charge in [0.15, 0.2) is 0 Å². The smallest absolute Gasteiger partial charge is 0.287 e. The molecule has 0 aliphatic heterocycles. The lowest BCUT2D eigenvalue weighted by Gasteiger charge is -2.14. The average Bonchev–Trinajstić information content (AvgIpc) is 2.46. The number of Topliss-reactive ketones (excluding diaryl/α,β-unsaturated/α-hetero) is 1. The molecular formula is C17H16F2O. The highest BCUT2D eigenvalue weighted by molar-refractivity contribution is 6.01. The Morgan fingerprint density at radius 2 is 1.45 bits per heavy atom. The van der Waals surface area contributed by atoms with Gasteiger partial charge in [-0.1, -0.05) is 61.5 Å². The van der Waals surface area contributed by atoms with E-state index in [9.17, 15) is 13.6 Å². The third-order valence-electron chi connectivity index (χ3n) is 3.37. The van der Waals surface area contributed by atoms with Crippen LogP contribution in [0.25, 0.3) is 0 Å². The van der Waals surface area contributed by atoms with Crippen LogP contribution in [0.5, 0.6) is 0 Å². The number of rotatable bonds is 4. The Kier molecular flexibility index (Phi) is 3.98. The van der Waals surface area contributed by atoms with Gasteiger partial charge in [-0.2, -0.15) is 8.78 Å². The van der Waals surface area contributed by atoms with Crippen LogP contribution in [0.1, 0.15) is 41.3 Å². The molecule has 2 aromatic carbocycles. The molecule has 2 rings (SSSR count). The first-order valence-corrected chi connectivity index (χ1v) is 6.47. The number of ketones is 1. The maximum atomic E-state index is 13.0. The maximum Gasteiger partial charge on any atom is 0.307 e. The first-order chi connectivity index (χ1) is 9.39. The van der Waals surface area contributed by atoms with Gasteiger partial charge in [0.2, 0.25) is 5.78 Å². The lowest BCUT2D eigenvalue weighted by Crippen LogP contribution is -2.24. The van der Waals surface area contributed by atoms with Gasteiger partial charge in [0.1, 0.15) is 0 Å². The van der Waals surface area contributed by atoms with E-state index in [1.807, 2.05) is 37.3 Å². The average molecular weight is 274 g/mol. The Bertz CT molecular complexity index is 583. The Labute approximate surface area is 117 Å². The van der Waals surface area contributed by atoms with Gasteiger partial charge in [-0.3, -0.25) is 4.79 Å². The summed E-state index contributed by atoms with van der Waals surface area (Å²) in [6.07, 6.45) is 0. The van der Waals surface area contributed by atoms with E-state index in [1.165, 1.54) is 12.1 Å². The van der Waals surface area contributed by atoms with E-state index < -0.39 is 11.7 Å². The second-order valence-electron chi connectivity index (χ2n) is 4.97. The third kappa shape index (κ3) is 3.10. The summed E-state index contributed by atoms with van der Waals surface area (Å²) in [5.74, 6) is -4.31. The molecule has 0 heterocycles. The predicted octanol–water partition coefficient (Wildman–Crippen LogP) is 4.68. The van der Waals surface area contributed by atoms with Crippen molar-refractivity contribution in [3.8, 4) is 0 Å². The molecule has 0 aromatic heterocycles. The maximum absolute atomic E-state index is 13.0. The molecule has 104 valence electrons. The zero-order chi connectivity index (χ0) is 14.8. The van der Waals surface area contributed by atoms with Crippen molar-refractivity contribution in [3.63, 3.8) is 0 Å². The van der Waals surface area contributed by atoms with Crippen molar-refractivity contribution >= 4 is 5.78 Å². The zero-order valence-corrected chi connectivity index (χ0v) is 11.4. The summed E-state index contributed by atoms with van der Waals surface area (Å²) in [5, 5.41) is 0. The highest BCUT2D eigenvalue weighted by Gasteiger charge is 2.32. The Balaban J connectivity index is 2.23. The van der Waals surface area contributed by atoms with Crippen LogP contribution in [-0.2, 0) is 0 Å². The second-order valence-corrected chi connectivity index (χ2v) is 4.97. The van der Waals surface area contributed by atoms with E-state index in [0.29, 0.717) is 6.92 Å². The monoisotopic (exact) mass is 274 g/mol. The number of halogens is 2. The highest BCUT2D eigenvalue weighted by atomic mass is 19.3. The number of benzene rings is 2. The number of carbonyl (C=O) groups is 1. The van der Waals surface area contributed by atoms with Crippen LogP contribution in [0.15, 0.2) is 54.6 Å². The van der Waals surface area contributed by atoms with Crippen LogP contribution in [0.3, 0.4) is 0 Å². The van der Waals surface area contributed by atoms with Crippen LogP contribution in [0, 0.1) is 0 Å². The fraction of sp³-hybridized carbons (Fsp3) is 0.235. The minimum absolute atomic E-state index is 0.0431. The zero-order valence-electron chi connectivity index (χ0n) is 11.4. The van der Waals surface area contributed by atoms with Gasteiger partial charge < -0.3 is 0 Å². The third-order valence-corrected chi connectivity index (χ3v) is 3.37. The van der Waals surface area contributed by atoms with Crippen molar-refractivity contribution in [2.24, 2.45) is 0 Å². The van der Waals surface area contributed by atoms with Crippen molar-refractivity contribution in [2.45, 2.75) is 25.7 Å². The van der Waals surface area contributed by atoms with Crippen molar-refractivity contribution in [1.29, 1.82) is 0 Å². The summed E-state index contributed by atoms with van der Waals surface area (Å²) < 4.78 is 26.0. The van der Waals surface area contributed by atoms with E-state index in [-0.39, 0.29) is 11.5 Å². The van der Waals surface area contributed by atoms with Crippen LogP contribution in [-0.4, -0.2) is 11.7 Å². The quantitative estimate of drug-likeness (QED) is 0.740. The number of alkyl halides is 2. The molecule has 20 heavy (non-hydrogen) atoms. The van der Waals surface area contributed by atoms with Gasteiger partial charge in [0.05, 0.1) is 0 Å². The van der Waals surface area contributed by atoms with E-state index in [1.54, 1.807) is 12.1 Å². The normalized spacial score (nSPS) is 13.0. The van der Waals surface area contributed by atoms with Gasteiger partial charge in [-0.25, -0.2) is 0 Å². The molecular weight excluding hydrogens is 258 g/mol. The van der Waals surface area contributed by atoms with Gasteiger partial charge >= 0.3 is 5.92 Å². The van der Waals surface area contributed by atoms with Crippen molar-refractivity contribution < 1.29 is 13.6 Å². The molecule has 0 aliphatic carbocycles.